The first-order valence-corrected chi connectivity index (χ1v) is 13.2. The highest BCUT2D eigenvalue weighted by Crippen LogP contribution is 2.39. The van der Waals surface area contributed by atoms with E-state index in [1.165, 1.54) is 24.3 Å². The van der Waals surface area contributed by atoms with E-state index >= 15 is 0 Å². The first-order chi connectivity index (χ1) is 18.2. The van der Waals surface area contributed by atoms with Crippen LogP contribution in [0.15, 0.2) is 42.5 Å². The van der Waals surface area contributed by atoms with E-state index in [9.17, 15) is 27.6 Å². The lowest BCUT2D eigenvalue weighted by atomic mass is 9.98. The maximum atomic E-state index is 13.9. The Labute approximate surface area is 241 Å². The summed E-state index contributed by atoms with van der Waals surface area (Å²) in [4.78, 5) is 40.0. The molecule has 1 atom stereocenters. The van der Waals surface area contributed by atoms with Gasteiger partial charge in [-0.2, -0.15) is 13.2 Å². The number of carbonyl (C=O) groups excluding carboxylic acids is 3. The zero-order chi connectivity index (χ0) is 30.2. The highest BCUT2D eigenvalue weighted by Gasteiger charge is 2.41. The third-order valence-corrected chi connectivity index (χ3v) is 6.16. The summed E-state index contributed by atoms with van der Waals surface area (Å²) < 4.78 is 52.6. The number of aryl methyl sites for hydroxylation is 1. The summed E-state index contributed by atoms with van der Waals surface area (Å²) in [5.41, 5.74) is -2.12. The smallest absolute Gasteiger partial charge is 0.420 e. The van der Waals surface area contributed by atoms with Crippen LogP contribution in [-0.4, -0.2) is 40.2 Å². The van der Waals surface area contributed by atoms with Crippen molar-refractivity contribution in [2.45, 2.75) is 77.8 Å². The third kappa shape index (κ3) is 8.01. The van der Waals surface area contributed by atoms with Gasteiger partial charge in [-0.25, -0.2) is 14.5 Å². The number of alkyl halides is 3. The molecule has 0 bridgehead atoms. The number of allylic oxidation sites excluding steroid dienone is 2. The maximum Gasteiger partial charge on any atom is 0.420 e. The van der Waals surface area contributed by atoms with Gasteiger partial charge in [0.25, 0.3) is 0 Å². The summed E-state index contributed by atoms with van der Waals surface area (Å²) in [5, 5.41) is -0.0126. The molecule has 216 valence electrons. The predicted molar refractivity (Wildman–Crippen MR) is 147 cm³/mol. The summed E-state index contributed by atoms with van der Waals surface area (Å²) >= 11 is 11.8. The van der Waals surface area contributed by atoms with Gasteiger partial charge in [0.15, 0.2) is 5.78 Å². The van der Waals surface area contributed by atoms with E-state index in [1.807, 2.05) is 0 Å². The number of nitrogens with zero attached hydrogens (tertiary/aromatic N) is 1. The van der Waals surface area contributed by atoms with Gasteiger partial charge < -0.3 is 9.47 Å². The van der Waals surface area contributed by atoms with Gasteiger partial charge >= 0.3 is 18.4 Å². The summed E-state index contributed by atoms with van der Waals surface area (Å²) in [6.07, 6.45) is -5.45. The van der Waals surface area contributed by atoms with Crippen LogP contribution in [0, 0.1) is 0 Å². The van der Waals surface area contributed by atoms with Crippen LogP contribution in [0.1, 0.15) is 81.1 Å². The molecule has 0 radical (unpaired) electrons. The molecule has 40 heavy (non-hydrogen) atoms. The highest BCUT2D eigenvalue weighted by molar-refractivity contribution is 6.35. The van der Waals surface area contributed by atoms with E-state index in [4.69, 9.17) is 32.7 Å². The van der Waals surface area contributed by atoms with Gasteiger partial charge in [-0.3, -0.25) is 4.79 Å². The number of amides is 2. The van der Waals surface area contributed by atoms with Gasteiger partial charge in [-0.05, 0) is 101 Å². The molecule has 3 rings (SSSR count). The summed E-state index contributed by atoms with van der Waals surface area (Å²) in [6, 6.07) is 7.05. The number of benzene rings is 2. The monoisotopic (exact) mass is 599 g/mol. The molecule has 6 nitrogen and oxygen atoms in total. The Balaban J connectivity index is 1.98. The topological polar surface area (TPSA) is 72.9 Å². The number of hydrogen-bond acceptors (Lipinski definition) is 5. The second kappa shape index (κ2) is 11.4. The molecule has 1 aliphatic carbocycles. The molecule has 1 unspecified atom stereocenters. The number of ether oxygens (including phenoxy) is 2. The van der Waals surface area contributed by atoms with Crippen molar-refractivity contribution in [2.75, 3.05) is 0 Å². The zero-order valence-electron chi connectivity index (χ0n) is 22.9. The van der Waals surface area contributed by atoms with Crippen molar-refractivity contribution in [1.29, 1.82) is 0 Å². The average Bonchev–Trinajstić information content (AvgIpc) is 3.16. The molecule has 2 aromatic carbocycles. The Kier molecular flexibility index (Phi) is 9.01. The third-order valence-electron chi connectivity index (χ3n) is 5.72. The van der Waals surface area contributed by atoms with E-state index in [2.05, 4.69) is 0 Å². The lowest BCUT2D eigenvalue weighted by Gasteiger charge is -2.32. The van der Waals surface area contributed by atoms with Crippen molar-refractivity contribution in [3.05, 3.63) is 74.8 Å². The van der Waals surface area contributed by atoms with Crippen molar-refractivity contribution in [2.24, 2.45) is 0 Å². The molecule has 0 N–H and O–H groups in total. The van der Waals surface area contributed by atoms with Gasteiger partial charge in [0.05, 0.1) is 11.6 Å². The van der Waals surface area contributed by atoms with Gasteiger partial charge in [0, 0.05) is 15.6 Å². The van der Waals surface area contributed by atoms with E-state index < -0.39 is 47.0 Å². The molecule has 11 heteroatoms. The van der Waals surface area contributed by atoms with Crippen molar-refractivity contribution in [1.82, 2.24) is 4.90 Å². The molecule has 2 amide bonds. The average molecular weight is 600 g/mol. The number of hydrogen-bond donors (Lipinski definition) is 0. The number of halogens is 5. The van der Waals surface area contributed by atoms with Gasteiger partial charge in [0.2, 0.25) is 0 Å². The van der Waals surface area contributed by atoms with E-state index in [0.29, 0.717) is 30.0 Å². The summed E-state index contributed by atoms with van der Waals surface area (Å²) in [6.45, 7) is 9.99. The van der Waals surface area contributed by atoms with Crippen LogP contribution in [0.2, 0.25) is 10.0 Å². The van der Waals surface area contributed by atoms with Crippen LogP contribution in [0.25, 0.3) is 5.57 Å². The normalized spacial score (nSPS) is 15.9. The van der Waals surface area contributed by atoms with Crippen LogP contribution in [0.4, 0.5) is 22.8 Å². The van der Waals surface area contributed by atoms with E-state index in [-0.39, 0.29) is 21.2 Å². The van der Waals surface area contributed by atoms with Crippen LogP contribution in [0.3, 0.4) is 0 Å². The van der Waals surface area contributed by atoms with E-state index in [1.54, 1.807) is 41.5 Å². The number of rotatable bonds is 4. The molecule has 1 aliphatic rings. The number of imide groups is 1. The quantitative estimate of drug-likeness (QED) is 0.259. The first-order valence-electron chi connectivity index (χ1n) is 12.4. The van der Waals surface area contributed by atoms with Crippen molar-refractivity contribution < 1.29 is 37.0 Å². The minimum absolute atomic E-state index is 0.00630. The SMILES string of the molecule is CC(C)(C)OC(=O)N(C(=O)OC(C)(C)C)C1CCc2cc(C(=O)C=C(c3cc(Cl)cc(Cl)c3)C(F)(F)F)ccc21. The van der Waals surface area contributed by atoms with Gasteiger partial charge in [-0.15, -0.1) is 0 Å². The maximum absolute atomic E-state index is 13.9. The van der Waals surface area contributed by atoms with Crippen molar-refractivity contribution in [3.8, 4) is 0 Å². The van der Waals surface area contributed by atoms with Crippen molar-refractivity contribution >= 4 is 46.7 Å². The largest absolute Gasteiger partial charge is 0.443 e. The summed E-state index contributed by atoms with van der Waals surface area (Å²) in [5.74, 6) is -0.884. The fourth-order valence-electron chi connectivity index (χ4n) is 4.22. The highest BCUT2D eigenvalue weighted by atomic mass is 35.5. The minimum atomic E-state index is -4.85. The second-order valence-corrected chi connectivity index (χ2v) is 12.2. The molecule has 0 saturated heterocycles. The second-order valence-electron chi connectivity index (χ2n) is 11.4. The number of ketones is 1. The van der Waals surface area contributed by atoms with Gasteiger partial charge in [-0.1, -0.05) is 35.3 Å². The molecular formula is C29H30Cl2F3NO5. The predicted octanol–water partition coefficient (Wildman–Crippen LogP) is 8.98. The molecule has 0 spiro atoms. The Morgan fingerprint density at radius 3 is 1.85 bits per heavy atom. The lowest BCUT2D eigenvalue weighted by Crippen LogP contribution is -2.45. The molecule has 0 saturated carbocycles. The number of fused-ring (bicyclic) bond motifs is 1. The standard InChI is InChI=1S/C29H30Cl2F3NO5/c1-27(2,3)39-25(37)35(26(38)40-28(4,5)6)23-10-8-16-11-17(7-9-21(16)23)24(36)15-22(29(32,33)34)18-12-19(30)14-20(31)13-18/h7,9,11-15,23H,8,10H2,1-6H3. The Morgan fingerprint density at radius 1 is 0.850 bits per heavy atom. The van der Waals surface area contributed by atoms with Crippen LogP contribution in [-0.2, 0) is 15.9 Å². The Hall–Kier alpha value is -3.04. The molecule has 0 aliphatic heterocycles. The molecular weight excluding hydrogens is 570 g/mol. The Morgan fingerprint density at radius 2 is 1.38 bits per heavy atom. The van der Waals surface area contributed by atoms with Crippen LogP contribution in [0.5, 0.6) is 0 Å². The minimum Gasteiger partial charge on any atom is -0.443 e. The van der Waals surface area contributed by atoms with Crippen LogP contribution >= 0.6 is 23.2 Å². The first kappa shape index (κ1) is 31.5. The molecule has 0 fully saturated rings. The molecule has 0 aromatic heterocycles. The fraction of sp³-hybridized carbons (Fsp3) is 0.414. The molecule has 0 heterocycles. The summed E-state index contributed by atoms with van der Waals surface area (Å²) in [7, 11) is 0. The van der Waals surface area contributed by atoms with Crippen molar-refractivity contribution in [3.63, 3.8) is 0 Å². The molecule has 2 aromatic rings. The van der Waals surface area contributed by atoms with Crippen LogP contribution < -0.4 is 0 Å². The van der Waals surface area contributed by atoms with E-state index in [0.717, 1.165) is 17.0 Å². The zero-order valence-corrected chi connectivity index (χ0v) is 24.4. The lowest BCUT2D eigenvalue weighted by molar-refractivity contribution is -0.0690. The number of carbonyl (C=O) groups is 3. The Bertz CT molecular complexity index is 1310. The fourth-order valence-corrected chi connectivity index (χ4v) is 4.75. The van der Waals surface area contributed by atoms with Gasteiger partial charge in [0.1, 0.15) is 11.2 Å².